The third kappa shape index (κ3) is 10.3. The van der Waals surface area contributed by atoms with E-state index in [0.717, 1.165) is 19.4 Å². The Labute approximate surface area is 133 Å². The van der Waals surface area contributed by atoms with E-state index in [1.165, 1.54) is 45.2 Å². The van der Waals surface area contributed by atoms with E-state index in [0.29, 0.717) is 6.04 Å². The van der Waals surface area contributed by atoms with Crippen molar-refractivity contribution in [3.05, 3.63) is 0 Å². The summed E-state index contributed by atoms with van der Waals surface area (Å²) in [6.45, 7) is 14.8. The zero-order valence-electron chi connectivity index (χ0n) is 15.2. The molecule has 0 rings (SSSR count). The first-order valence-electron chi connectivity index (χ1n) is 9.09. The van der Waals surface area contributed by atoms with E-state index in [1.807, 2.05) is 0 Å². The van der Waals surface area contributed by atoms with Gasteiger partial charge in [0.1, 0.15) is 0 Å². The summed E-state index contributed by atoms with van der Waals surface area (Å²) < 4.78 is 0. The highest BCUT2D eigenvalue weighted by Crippen LogP contribution is 2.14. The minimum absolute atomic E-state index is 0.0963. The van der Waals surface area contributed by atoms with Crippen molar-refractivity contribution in [2.45, 2.75) is 91.1 Å². The summed E-state index contributed by atoms with van der Waals surface area (Å²) in [4.78, 5) is 2.60. The number of aliphatic hydroxyl groups excluding tert-OH is 1. The number of rotatable bonds is 14. The molecule has 1 unspecified atom stereocenters. The highest BCUT2D eigenvalue weighted by molar-refractivity contribution is 4.82. The molecule has 0 saturated carbocycles. The summed E-state index contributed by atoms with van der Waals surface area (Å²) in [6.07, 6.45) is 8.55. The van der Waals surface area contributed by atoms with Gasteiger partial charge < -0.3 is 15.3 Å². The van der Waals surface area contributed by atoms with Crippen molar-refractivity contribution in [1.82, 2.24) is 10.2 Å². The van der Waals surface area contributed by atoms with Gasteiger partial charge in [-0.15, -0.1) is 0 Å². The highest BCUT2D eigenvalue weighted by Gasteiger charge is 2.21. The summed E-state index contributed by atoms with van der Waals surface area (Å²) in [5, 5.41) is 13.1. The van der Waals surface area contributed by atoms with Gasteiger partial charge >= 0.3 is 0 Å². The number of hydrogen-bond donors (Lipinski definition) is 2. The molecular formula is C18H40N2O. The molecule has 0 aromatic carbocycles. The Bertz CT molecular complexity index is 233. The minimum atomic E-state index is -0.0963. The topological polar surface area (TPSA) is 35.5 Å². The summed E-state index contributed by atoms with van der Waals surface area (Å²) in [5.41, 5.74) is -0.0963. The molecule has 0 radical (unpaired) electrons. The first kappa shape index (κ1) is 20.9. The summed E-state index contributed by atoms with van der Waals surface area (Å²) in [7, 11) is 0. The fourth-order valence-electron chi connectivity index (χ4n) is 2.67. The van der Waals surface area contributed by atoms with Crippen LogP contribution in [0.4, 0.5) is 0 Å². The zero-order valence-corrected chi connectivity index (χ0v) is 15.2. The normalized spacial score (nSPS) is 14.9. The average Bonchev–Trinajstić information content (AvgIpc) is 2.47. The number of nitrogens with one attached hydrogen (secondary N) is 1. The van der Waals surface area contributed by atoms with Crippen LogP contribution in [-0.4, -0.2) is 47.8 Å². The summed E-state index contributed by atoms with van der Waals surface area (Å²) in [6, 6.07) is 0.643. The lowest BCUT2D eigenvalue weighted by Gasteiger charge is -2.30. The van der Waals surface area contributed by atoms with Gasteiger partial charge in [-0.25, -0.2) is 0 Å². The largest absolute Gasteiger partial charge is 0.394 e. The van der Waals surface area contributed by atoms with Gasteiger partial charge in [-0.05, 0) is 66.1 Å². The van der Waals surface area contributed by atoms with Crippen molar-refractivity contribution < 1.29 is 5.11 Å². The lowest BCUT2D eigenvalue weighted by Crippen LogP contribution is -2.46. The second-order valence-electron chi connectivity index (χ2n) is 6.94. The third-order valence-corrected chi connectivity index (χ3v) is 4.35. The molecule has 3 nitrogen and oxygen atoms in total. The van der Waals surface area contributed by atoms with Gasteiger partial charge in [0, 0.05) is 11.6 Å². The molecule has 0 aliphatic heterocycles. The molecular weight excluding hydrogens is 260 g/mol. The predicted octanol–water partition coefficient (Wildman–Crippen LogP) is 3.81. The van der Waals surface area contributed by atoms with Crippen molar-refractivity contribution in [3.63, 3.8) is 0 Å². The highest BCUT2D eigenvalue weighted by atomic mass is 16.3. The Kier molecular flexibility index (Phi) is 12.4. The van der Waals surface area contributed by atoms with E-state index in [9.17, 15) is 5.11 Å². The summed E-state index contributed by atoms with van der Waals surface area (Å²) >= 11 is 0. The molecule has 128 valence electrons. The molecule has 0 aliphatic rings. The van der Waals surface area contributed by atoms with Crippen LogP contribution in [0.3, 0.4) is 0 Å². The maximum atomic E-state index is 9.58. The second kappa shape index (κ2) is 12.4. The Morgan fingerprint density at radius 3 is 2.10 bits per heavy atom. The second-order valence-corrected chi connectivity index (χ2v) is 6.94. The van der Waals surface area contributed by atoms with E-state index >= 15 is 0 Å². The van der Waals surface area contributed by atoms with Gasteiger partial charge in [-0.1, -0.05) is 33.1 Å². The van der Waals surface area contributed by atoms with Crippen LogP contribution >= 0.6 is 0 Å². The predicted molar refractivity (Wildman–Crippen MR) is 93.9 cm³/mol. The molecule has 0 spiro atoms. The maximum Gasteiger partial charge on any atom is 0.0610 e. The van der Waals surface area contributed by atoms with Gasteiger partial charge in [0.05, 0.1) is 6.61 Å². The van der Waals surface area contributed by atoms with Crippen molar-refractivity contribution in [3.8, 4) is 0 Å². The molecule has 0 aromatic rings. The average molecular weight is 301 g/mol. The molecule has 21 heavy (non-hydrogen) atoms. The number of aliphatic hydroxyl groups is 1. The van der Waals surface area contributed by atoms with Crippen LogP contribution in [0.2, 0.25) is 0 Å². The molecule has 0 heterocycles. The quantitative estimate of drug-likeness (QED) is 0.479. The molecule has 1 atom stereocenters. The Morgan fingerprint density at radius 1 is 1.00 bits per heavy atom. The fraction of sp³-hybridized carbons (Fsp3) is 1.00. The van der Waals surface area contributed by atoms with Crippen LogP contribution in [0.15, 0.2) is 0 Å². The maximum absolute atomic E-state index is 9.58. The molecule has 0 aromatic heterocycles. The van der Waals surface area contributed by atoms with Gasteiger partial charge in [0.25, 0.3) is 0 Å². The summed E-state index contributed by atoms with van der Waals surface area (Å²) in [5.74, 6) is 0. The smallest absolute Gasteiger partial charge is 0.0610 e. The minimum Gasteiger partial charge on any atom is -0.394 e. The van der Waals surface area contributed by atoms with E-state index in [1.54, 1.807) is 0 Å². The molecule has 0 saturated heterocycles. The lowest BCUT2D eigenvalue weighted by atomic mass is 9.95. The molecule has 0 bridgehead atoms. The van der Waals surface area contributed by atoms with Crippen molar-refractivity contribution in [1.29, 1.82) is 0 Å². The van der Waals surface area contributed by atoms with E-state index in [2.05, 4.69) is 44.8 Å². The fourth-order valence-corrected chi connectivity index (χ4v) is 2.67. The SMILES string of the molecule is CCCCCN(CCCCC(C)(CO)NCCC)C(C)C. The third-order valence-electron chi connectivity index (χ3n) is 4.35. The molecule has 0 fully saturated rings. The van der Waals surface area contributed by atoms with Crippen LogP contribution in [0, 0.1) is 0 Å². The van der Waals surface area contributed by atoms with Crippen LogP contribution in [-0.2, 0) is 0 Å². The monoisotopic (exact) mass is 300 g/mol. The standard InChI is InChI=1S/C18H40N2O/c1-6-8-10-14-20(17(3)4)15-11-9-12-18(5,16-21)19-13-7-2/h17,19,21H,6-16H2,1-5H3. The molecule has 3 heteroatoms. The van der Waals surface area contributed by atoms with E-state index in [4.69, 9.17) is 0 Å². The van der Waals surface area contributed by atoms with Crippen molar-refractivity contribution in [2.24, 2.45) is 0 Å². The first-order valence-corrected chi connectivity index (χ1v) is 9.09. The Balaban J connectivity index is 3.96. The van der Waals surface area contributed by atoms with E-state index in [-0.39, 0.29) is 12.1 Å². The molecule has 0 aliphatic carbocycles. The zero-order chi connectivity index (χ0) is 16.1. The van der Waals surface area contributed by atoms with Crippen molar-refractivity contribution in [2.75, 3.05) is 26.2 Å². The van der Waals surface area contributed by atoms with Crippen molar-refractivity contribution >= 4 is 0 Å². The van der Waals surface area contributed by atoms with Gasteiger partial charge in [0.15, 0.2) is 0 Å². The number of nitrogens with zero attached hydrogens (tertiary/aromatic N) is 1. The molecule has 0 amide bonds. The number of hydrogen-bond acceptors (Lipinski definition) is 3. The van der Waals surface area contributed by atoms with Crippen LogP contribution < -0.4 is 5.32 Å². The van der Waals surface area contributed by atoms with Crippen LogP contribution in [0.1, 0.15) is 79.6 Å². The number of unbranched alkanes of at least 4 members (excludes halogenated alkanes) is 3. The van der Waals surface area contributed by atoms with Gasteiger partial charge in [-0.2, -0.15) is 0 Å². The lowest BCUT2D eigenvalue weighted by molar-refractivity contribution is 0.158. The Hall–Kier alpha value is -0.120. The van der Waals surface area contributed by atoms with Gasteiger partial charge in [-0.3, -0.25) is 0 Å². The first-order chi connectivity index (χ1) is 9.99. The molecule has 2 N–H and O–H groups in total. The van der Waals surface area contributed by atoms with Crippen LogP contribution in [0.25, 0.3) is 0 Å². The van der Waals surface area contributed by atoms with Crippen LogP contribution in [0.5, 0.6) is 0 Å². The van der Waals surface area contributed by atoms with Gasteiger partial charge in [0.2, 0.25) is 0 Å². The Morgan fingerprint density at radius 2 is 1.62 bits per heavy atom. The van der Waals surface area contributed by atoms with E-state index < -0.39 is 0 Å².